The monoisotopic (exact) mass is 621 g/mol. The molecular weight excluding hydrogens is 583 g/mol. The second kappa shape index (κ2) is 11.6. The fourth-order valence-corrected chi connectivity index (χ4v) is 7.73. The van der Waals surface area contributed by atoms with Crippen molar-refractivity contribution in [3.63, 3.8) is 0 Å². The lowest BCUT2D eigenvalue weighted by atomic mass is 9.82. The number of halogens is 3. The van der Waals surface area contributed by atoms with Crippen LogP contribution in [0.3, 0.4) is 0 Å². The third-order valence-corrected chi connectivity index (χ3v) is 9.80. The van der Waals surface area contributed by atoms with Crippen molar-refractivity contribution in [3.8, 4) is 5.75 Å². The lowest BCUT2D eigenvalue weighted by molar-refractivity contribution is -0.137. The number of sulfone groups is 1. The highest BCUT2D eigenvalue weighted by molar-refractivity contribution is 7.91. The van der Waals surface area contributed by atoms with Gasteiger partial charge in [0.15, 0.2) is 9.84 Å². The molecule has 1 fully saturated rings. The van der Waals surface area contributed by atoms with Gasteiger partial charge in [-0.3, -0.25) is 4.68 Å². The second-order valence-corrected chi connectivity index (χ2v) is 14.0. The molecule has 1 atom stereocenters. The van der Waals surface area contributed by atoms with Crippen molar-refractivity contribution < 1.29 is 26.3 Å². The molecule has 234 valence electrons. The van der Waals surface area contributed by atoms with Crippen LogP contribution in [0.1, 0.15) is 61.8 Å². The predicted molar refractivity (Wildman–Crippen MR) is 158 cm³/mol. The molecule has 43 heavy (non-hydrogen) atoms. The maximum absolute atomic E-state index is 14.0. The average molecular weight is 622 g/mol. The van der Waals surface area contributed by atoms with Crippen LogP contribution < -0.4 is 15.4 Å². The van der Waals surface area contributed by atoms with E-state index in [2.05, 4.69) is 37.6 Å². The predicted octanol–water partition coefficient (Wildman–Crippen LogP) is 5.59. The largest absolute Gasteiger partial charge is 0.488 e. The van der Waals surface area contributed by atoms with E-state index in [-0.39, 0.29) is 34.4 Å². The van der Waals surface area contributed by atoms with Crippen molar-refractivity contribution in [3.05, 3.63) is 40.7 Å². The van der Waals surface area contributed by atoms with E-state index in [0.29, 0.717) is 23.6 Å². The first-order chi connectivity index (χ1) is 20.1. The summed E-state index contributed by atoms with van der Waals surface area (Å²) in [4.78, 5) is 10.5. The van der Waals surface area contributed by atoms with Gasteiger partial charge in [0.05, 0.1) is 17.1 Å². The van der Waals surface area contributed by atoms with Gasteiger partial charge in [-0.1, -0.05) is 13.8 Å². The third kappa shape index (κ3) is 6.59. The number of likely N-dealkylation sites (tertiary alicyclic amines) is 1. The molecule has 0 bridgehead atoms. The fourth-order valence-electron chi connectivity index (χ4n) is 6.00. The molecule has 0 spiro atoms. The molecule has 5 rings (SSSR count). The first-order valence-corrected chi connectivity index (χ1v) is 16.0. The number of fused-ring (bicyclic) bond motifs is 1. The van der Waals surface area contributed by atoms with Gasteiger partial charge < -0.3 is 20.3 Å². The van der Waals surface area contributed by atoms with Crippen molar-refractivity contribution in [1.29, 1.82) is 0 Å². The van der Waals surface area contributed by atoms with E-state index < -0.39 is 27.4 Å². The molecule has 0 amide bonds. The second-order valence-electron chi connectivity index (χ2n) is 12.1. The summed E-state index contributed by atoms with van der Waals surface area (Å²) >= 11 is 0. The van der Waals surface area contributed by atoms with Gasteiger partial charge in [0.25, 0.3) is 0 Å². The number of nitrogens with zero attached hydrogens (tertiary/aromatic N) is 5. The van der Waals surface area contributed by atoms with Gasteiger partial charge in [0, 0.05) is 31.4 Å². The van der Waals surface area contributed by atoms with Gasteiger partial charge in [-0.15, -0.1) is 0 Å². The number of rotatable bonds is 8. The highest BCUT2D eigenvalue weighted by atomic mass is 32.2. The van der Waals surface area contributed by atoms with E-state index in [9.17, 15) is 21.6 Å². The number of nitrogens with one attached hydrogen (secondary N) is 2. The molecule has 0 radical (unpaired) electrons. The summed E-state index contributed by atoms with van der Waals surface area (Å²) in [6.45, 7) is 9.54. The molecule has 1 saturated heterocycles. The molecule has 4 heterocycles. The Morgan fingerprint density at radius 3 is 2.49 bits per heavy atom. The zero-order valence-corrected chi connectivity index (χ0v) is 26.0. The number of ether oxygens (including phenoxy) is 1. The Hall–Kier alpha value is -3.39. The molecule has 0 aliphatic carbocycles. The number of aryl methyl sites for hydroxylation is 2. The minimum atomic E-state index is -4.80. The van der Waals surface area contributed by atoms with E-state index in [4.69, 9.17) is 4.74 Å². The van der Waals surface area contributed by atoms with Crippen molar-refractivity contribution in [2.75, 3.05) is 36.5 Å². The molecule has 2 aliphatic rings. The van der Waals surface area contributed by atoms with Crippen LogP contribution in [0.4, 0.5) is 36.3 Å². The van der Waals surface area contributed by atoms with E-state index in [1.165, 1.54) is 23.5 Å². The third-order valence-electron chi connectivity index (χ3n) is 7.80. The molecule has 2 N–H and O–H groups in total. The number of piperidine rings is 1. The minimum Gasteiger partial charge on any atom is -0.488 e. The Balaban J connectivity index is 1.52. The highest BCUT2D eigenvalue weighted by Gasteiger charge is 2.37. The Labute approximate surface area is 250 Å². The maximum atomic E-state index is 14.0. The molecule has 2 aliphatic heterocycles. The summed E-state index contributed by atoms with van der Waals surface area (Å²) in [5.74, 6) is -0.0301. The van der Waals surface area contributed by atoms with Crippen LogP contribution in [-0.4, -0.2) is 65.1 Å². The highest BCUT2D eigenvalue weighted by Crippen LogP contribution is 2.46. The van der Waals surface area contributed by atoms with Gasteiger partial charge in [0.1, 0.15) is 23.2 Å². The summed E-state index contributed by atoms with van der Waals surface area (Å²) in [5, 5.41) is 9.36. The SMILES string of the molecule is Cc1cc(Nc2ncc(C(F)(F)F)c(Nc3cn(C)nc3S(=O)(=O)CC(C)C)n2)c2c(c1C1CCN(C)CC1)C[C@@H](C)O2. The molecule has 1 aromatic carbocycles. The Morgan fingerprint density at radius 1 is 1.14 bits per heavy atom. The lowest BCUT2D eigenvalue weighted by Crippen LogP contribution is -2.29. The standard InChI is InChI=1S/C29H38F3N7O3S/c1-16(2)15-43(40,41)27-23(14-39(6)37-27)34-26-21(29(30,31)32)13-33-28(36-26)35-22-11-17(3)24(19-7-9-38(5)10-8-19)20-12-18(4)42-25(20)22/h11,13-14,16,18-19H,7-10,12,15H2,1-6H3,(H2,33,34,35,36)/t18-/m1/s1. The smallest absolute Gasteiger partial charge is 0.421 e. The minimum absolute atomic E-state index is 0.0510. The van der Waals surface area contributed by atoms with Crippen LogP contribution in [-0.2, 0) is 29.5 Å². The summed E-state index contributed by atoms with van der Waals surface area (Å²) in [7, 11) is -0.264. The number of hydrogen-bond acceptors (Lipinski definition) is 9. The molecule has 10 nitrogen and oxygen atoms in total. The van der Waals surface area contributed by atoms with Crippen molar-refractivity contribution in [2.24, 2.45) is 13.0 Å². The van der Waals surface area contributed by atoms with E-state index >= 15 is 0 Å². The molecule has 2 aromatic heterocycles. The molecule has 0 unspecified atom stereocenters. The van der Waals surface area contributed by atoms with Crippen LogP contribution in [0, 0.1) is 12.8 Å². The van der Waals surface area contributed by atoms with Gasteiger partial charge in [0.2, 0.25) is 11.0 Å². The normalized spacial score (nSPS) is 18.1. The quantitative estimate of drug-likeness (QED) is 0.332. The molecule has 3 aromatic rings. The molecular formula is C29H38F3N7O3S. The number of hydrogen-bond donors (Lipinski definition) is 2. The maximum Gasteiger partial charge on any atom is 0.421 e. The fraction of sp³-hybridized carbons (Fsp3) is 0.552. The van der Waals surface area contributed by atoms with Crippen molar-refractivity contribution in [2.45, 2.75) is 70.2 Å². The molecule has 0 saturated carbocycles. The van der Waals surface area contributed by atoms with E-state index in [1.807, 2.05) is 19.9 Å². The number of aromatic nitrogens is 4. The zero-order valence-electron chi connectivity index (χ0n) is 25.2. The first kappa shape index (κ1) is 31.0. The van der Waals surface area contributed by atoms with Crippen LogP contribution in [0.5, 0.6) is 5.75 Å². The van der Waals surface area contributed by atoms with Gasteiger partial charge in [-0.25, -0.2) is 13.4 Å². The van der Waals surface area contributed by atoms with Gasteiger partial charge >= 0.3 is 6.18 Å². The Bertz CT molecular complexity index is 1610. The molecule has 14 heteroatoms. The van der Waals surface area contributed by atoms with E-state index in [0.717, 1.165) is 43.5 Å². The van der Waals surface area contributed by atoms with Crippen LogP contribution in [0.2, 0.25) is 0 Å². The van der Waals surface area contributed by atoms with Crippen LogP contribution in [0.15, 0.2) is 23.5 Å². The summed E-state index contributed by atoms with van der Waals surface area (Å²) in [6.07, 6.45) is -0.0225. The zero-order chi connectivity index (χ0) is 31.3. The average Bonchev–Trinajstić information content (AvgIpc) is 3.46. The summed E-state index contributed by atoms with van der Waals surface area (Å²) in [6, 6.07) is 1.94. The van der Waals surface area contributed by atoms with Crippen LogP contribution in [0.25, 0.3) is 0 Å². The Kier molecular flexibility index (Phi) is 8.38. The number of anilines is 4. The van der Waals surface area contributed by atoms with Gasteiger partial charge in [-0.2, -0.15) is 23.3 Å². The van der Waals surface area contributed by atoms with Crippen LogP contribution >= 0.6 is 0 Å². The summed E-state index contributed by atoms with van der Waals surface area (Å²) < 4.78 is 75.5. The summed E-state index contributed by atoms with van der Waals surface area (Å²) in [5.41, 5.74) is 2.81. The number of benzene rings is 1. The van der Waals surface area contributed by atoms with Crippen molar-refractivity contribution >= 4 is 33.0 Å². The van der Waals surface area contributed by atoms with Gasteiger partial charge in [-0.05, 0) is 75.9 Å². The topological polar surface area (TPSA) is 114 Å². The van der Waals surface area contributed by atoms with E-state index in [1.54, 1.807) is 13.8 Å². The Morgan fingerprint density at radius 2 is 1.84 bits per heavy atom. The number of alkyl halides is 3. The first-order valence-electron chi connectivity index (χ1n) is 14.4. The lowest BCUT2D eigenvalue weighted by Gasteiger charge is -2.31. The van der Waals surface area contributed by atoms with Crippen molar-refractivity contribution in [1.82, 2.24) is 24.6 Å².